The Labute approximate surface area is 133 Å². The summed E-state index contributed by atoms with van der Waals surface area (Å²) in [7, 11) is -1.41. The maximum Gasteiger partial charge on any atom is 0.471 e. The minimum absolute atomic E-state index is 0.131. The van der Waals surface area contributed by atoms with E-state index in [4.69, 9.17) is 4.84 Å². The van der Waals surface area contributed by atoms with E-state index in [1.165, 1.54) is 26.3 Å². The van der Waals surface area contributed by atoms with Crippen molar-refractivity contribution in [1.29, 1.82) is 0 Å². The second-order valence-corrected chi connectivity index (χ2v) is 6.97. The largest absolute Gasteiger partial charge is 0.471 e. The third kappa shape index (κ3) is 4.06. The molecule has 0 aliphatic heterocycles. The lowest BCUT2D eigenvalue weighted by Crippen LogP contribution is -2.37. The Morgan fingerprint density at radius 3 is 2.65 bits per heavy atom. The van der Waals surface area contributed by atoms with E-state index in [2.05, 4.69) is 19.4 Å². The molecule has 0 saturated carbocycles. The van der Waals surface area contributed by atoms with Crippen molar-refractivity contribution in [1.82, 2.24) is 19.3 Å². The van der Waals surface area contributed by atoms with Crippen LogP contribution in [0.15, 0.2) is 16.7 Å². The Bertz CT molecular complexity index is 771. The molecule has 0 fully saturated rings. The van der Waals surface area contributed by atoms with Gasteiger partial charge in [-0.05, 0) is 12.1 Å². The van der Waals surface area contributed by atoms with Gasteiger partial charge in [0, 0.05) is 11.9 Å². The van der Waals surface area contributed by atoms with Crippen LogP contribution in [0, 0.1) is 0 Å². The van der Waals surface area contributed by atoms with E-state index < -0.39 is 22.3 Å². The highest BCUT2D eigenvalue weighted by atomic mass is 32.2. The first-order chi connectivity index (χ1) is 10.7. The number of hydrogen-bond donors (Lipinski definition) is 1. The van der Waals surface area contributed by atoms with Gasteiger partial charge in [0.15, 0.2) is 0 Å². The number of alkyl halides is 3. The van der Waals surface area contributed by atoms with Gasteiger partial charge in [-0.25, -0.2) is 4.72 Å². The van der Waals surface area contributed by atoms with E-state index in [9.17, 15) is 21.6 Å². The topological polar surface area (TPSA) is 97.6 Å². The van der Waals surface area contributed by atoms with Crippen LogP contribution >= 0.6 is 11.3 Å². The van der Waals surface area contributed by atoms with E-state index in [1.54, 1.807) is 0 Å². The summed E-state index contributed by atoms with van der Waals surface area (Å²) < 4.78 is 67.5. The molecule has 13 heteroatoms. The van der Waals surface area contributed by atoms with Crippen LogP contribution in [0.1, 0.15) is 10.8 Å². The molecule has 23 heavy (non-hydrogen) atoms. The summed E-state index contributed by atoms with van der Waals surface area (Å²) in [5.41, 5.74) is 0. The second-order valence-electron chi connectivity index (χ2n) is 4.04. The average Bonchev–Trinajstić information content (AvgIpc) is 3.12. The molecular formula is C10H11F3N4O4S2. The van der Waals surface area contributed by atoms with Gasteiger partial charge in [0.2, 0.25) is 5.82 Å². The van der Waals surface area contributed by atoms with Crippen molar-refractivity contribution >= 4 is 21.5 Å². The Balaban J connectivity index is 2.19. The molecule has 0 aliphatic carbocycles. The van der Waals surface area contributed by atoms with Crippen molar-refractivity contribution in [2.45, 2.75) is 12.7 Å². The molecule has 0 aromatic carbocycles. The lowest BCUT2D eigenvalue weighted by atomic mass is 10.4. The molecule has 128 valence electrons. The zero-order chi connectivity index (χ0) is 17.3. The van der Waals surface area contributed by atoms with Gasteiger partial charge < -0.3 is 4.52 Å². The SMILES string of the molecule is CNS(=O)(=O)N(Cc1ccc(-c2noc(C(F)(F)F)n2)s1)OC. The number of nitrogens with one attached hydrogen (secondary N) is 1. The monoisotopic (exact) mass is 372 g/mol. The minimum Gasteiger partial charge on any atom is -0.329 e. The van der Waals surface area contributed by atoms with Crippen LogP contribution in [-0.4, -0.2) is 37.2 Å². The van der Waals surface area contributed by atoms with Crippen molar-refractivity contribution in [2.24, 2.45) is 0 Å². The number of halogens is 3. The zero-order valence-corrected chi connectivity index (χ0v) is 13.4. The van der Waals surface area contributed by atoms with Crippen molar-refractivity contribution in [3.8, 4) is 10.7 Å². The number of hydrogen-bond acceptors (Lipinski definition) is 7. The lowest BCUT2D eigenvalue weighted by Gasteiger charge is -2.17. The maximum atomic E-state index is 12.4. The number of nitrogens with zero attached hydrogens (tertiary/aromatic N) is 3. The number of aromatic nitrogens is 2. The Morgan fingerprint density at radius 1 is 1.43 bits per heavy atom. The maximum absolute atomic E-state index is 12.4. The van der Waals surface area contributed by atoms with Gasteiger partial charge in [-0.15, -0.1) is 11.3 Å². The molecule has 0 bridgehead atoms. The average molecular weight is 372 g/mol. The fraction of sp³-hybridized carbons (Fsp3) is 0.400. The van der Waals surface area contributed by atoms with E-state index in [1.807, 2.05) is 0 Å². The normalized spacial score (nSPS) is 13.0. The fourth-order valence-corrected chi connectivity index (χ4v) is 3.20. The van der Waals surface area contributed by atoms with E-state index >= 15 is 0 Å². The van der Waals surface area contributed by atoms with Gasteiger partial charge in [-0.1, -0.05) is 9.63 Å². The van der Waals surface area contributed by atoms with Crippen LogP contribution in [0.3, 0.4) is 0 Å². The molecule has 0 unspecified atom stereocenters. The first kappa shape index (κ1) is 17.8. The summed E-state index contributed by atoms with van der Waals surface area (Å²) in [6.45, 7) is -0.131. The van der Waals surface area contributed by atoms with Crippen molar-refractivity contribution in [2.75, 3.05) is 14.2 Å². The Kier molecular flexibility index (Phi) is 5.05. The summed E-state index contributed by atoms with van der Waals surface area (Å²) in [4.78, 5) is 8.84. The molecule has 2 aromatic rings. The fourth-order valence-electron chi connectivity index (χ4n) is 1.50. The van der Waals surface area contributed by atoms with Crippen LogP contribution in [-0.2, 0) is 27.8 Å². The molecule has 0 spiro atoms. The molecular weight excluding hydrogens is 361 g/mol. The second kappa shape index (κ2) is 6.52. The van der Waals surface area contributed by atoms with Gasteiger partial charge in [0.05, 0.1) is 18.5 Å². The van der Waals surface area contributed by atoms with Gasteiger partial charge in [0.1, 0.15) is 0 Å². The summed E-state index contributed by atoms with van der Waals surface area (Å²) >= 11 is 1.01. The predicted molar refractivity (Wildman–Crippen MR) is 73.1 cm³/mol. The molecule has 0 saturated heterocycles. The highest BCUT2D eigenvalue weighted by Gasteiger charge is 2.38. The summed E-state index contributed by atoms with van der Waals surface area (Å²) in [5.74, 6) is -1.67. The van der Waals surface area contributed by atoms with Crippen molar-refractivity contribution < 1.29 is 30.9 Å². The van der Waals surface area contributed by atoms with Crippen LogP contribution in [0.25, 0.3) is 10.7 Å². The Morgan fingerprint density at radius 2 is 2.13 bits per heavy atom. The molecule has 0 atom stereocenters. The Hall–Kier alpha value is -1.54. The number of rotatable bonds is 6. The molecule has 2 rings (SSSR count). The molecule has 2 heterocycles. The number of hydroxylamine groups is 1. The molecule has 2 aromatic heterocycles. The molecule has 0 aliphatic rings. The van der Waals surface area contributed by atoms with Gasteiger partial charge in [-0.3, -0.25) is 4.84 Å². The predicted octanol–water partition coefficient (Wildman–Crippen LogP) is 1.64. The van der Waals surface area contributed by atoms with E-state index in [-0.39, 0.29) is 12.4 Å². The standard InChI is InChI=1S/C10H11F3N4O4S2/c1-14-23(18,19)17(20-2)5-6-3-4-7(22-6)8-15-9(21-16-8)10(11,12)13/h3-4,14H,5H2,1-2H3. The molecule has 1 N–H and O–H groups in total. The first-order valence-electron chi connectivity index (χ1n) is 5.92. The van der Waals surface area contributed by atoms with Crippen LogP contribution in [0.2, 0.25) is 0 Å². The van der Waals surface area contributed by atoms with E-state index in [0.717, 1.165) is 11.3 Å². The molecule has 0 amide bonds. The highest BCUT2D eigenvalue weighted by Crippen LogP contribution is 2.32. The molecule has 8 nitrogen and oxygen atoms in total. The highest BCUT2D eigenvalue weighted by molar-refractivity contribution is 7.86. The van der Waals surface area contributed by atoms with Gasteiger partial charge in [-0.2, -0.15) is 26.6 Å². The van der Waals surface area contributed by atoms with E-state index in [0.29, 0.717) is 14.2 Å². The first-order valence-corrected chi connectivity index (χ1v) is 8.18. The zero-order valence-electron chi connectivity index (χ0n) is 11.8. The van der Waals surface area contributed by atoms with Crippen LogP contribution < -0.4 is 4.72 Å². The lowest BCUT2D eigenvalue weighted by molar-refractivity contribution is -0.159. The van der Waals surface area contributed by atoms with Gasteiger partial charge in [0.25, 0.3) is 0 Å². The number of thiophene rings is 1. The quantitative estimate of drug-likeness (QED) is 0.775. The minimum atomic E-state index is -4.72. The smallest absolute Gasteiger partial charge is 0.329 e. The van der Waals surface area contributed by atoms with Gasteiger partial charge >= 0.3 is 22.3 Å². The van der Waals surface area contributed by atoms with Crippen LogP contribution in [0.5, 0.6) is 0 Å². The van der Waals surface area contributed by atoms with Crippen molar-refractivity contribution in [3.05, 3.63) is 22.9 Å². The van der Waals surface area contributed by atoms with Crippen molar-refractivity contribution in [3.63, 3.8) is 0 Å². The molecule has 0 radical (unpaired) electrons. The summed E-state index contributed by atoms with van der Waals surface area (Å²) in [5, 5.41) is 3.26. The summed E-state index contributed by atoms with van der Waals surface area (Å²) in [6.07, 6.45) is -4.72. The third-order valence-corrected chi connectivity index (χ3v) is 4.96. The van der Waals surface area contributed by atoms with Crippen LogP contribution in [0.4, 0.5) is 13.2 Å². The third-order valence-electron chi connectivity index (χ3n) is 2.57. The summed E-state index contributed by atoms with van der Waals surface area (Å²) in [6, 6.07) is 2.99.